The quantitative estimate of drug-likeness (QED) is 0.869. The largest absolute Gasteiger partial charge is 0.364 e. The van der Waals surface area contributed by atoms with Crippen LogP contribution < -0.4 is 5.73 Å². The lowest BCUT2D eigenvalue weighted by molar-refractivity contribution is -0.143. The van der Waals surface area contributed by atoms with Crippen molar-refractivity contribution >= 4 is 30.7 Å². The molecular weight excluding hydrogens is 351 g/mol. The van der Waals surface area contributed by atoms with Crippen molar-refractivity contribution in [2.24, 2.45) is 12.8 Å². The van der Waals surface area contributed by atoms with Crippen LogP contribution in [0, 0.1) is 0 Å². The van der Waals surface area contributed by atoms with Crippen LogP contribution in [0.2, 0.25) is 0 Å². The molecular formula is C16H28Cl2N4O2. The van der Waals surface area contributed by atoms with Crippen LogP contribution in [0.3, 0.4) is 0 Å². The van der Waals surface area contributed by atoms with Gasteiger partial charge in [0.25, 0.3) is 5.91 Å². The van der Waals surface area contributed by atoms with E-state index in [0.717, 1.165) is 37.3 Å². The number of hydrogen-bond donors (Lipinski definition) is 1. The van der Waals surface area contributed by atoms with Crippen LogP contribution in [0.4, 0.5) is 0 Å². The molecule has 138 valence electrons. The second-order valence-corrected chi connectivity index (χ2v) is 6.65. The number of fused-ring (bicyclic) bond motifs is 1. The summed E-state index contributed by atoms with van der Waals surface area (Å²) in [6.45, 7) is 6.13. The van der Waals surface area contributed by atoms with Gasteiger partial charge in [-0.1, -0.05) is 13.8 Å². The summed E-state index contributed by atoms with van der Waals surface area (Å²) < 4.78 is 7.93. The lowest BCUT2D eigenvalue weighted by Gasteiger charge is -2.29. The van der Waals surface area contributed by atoms with E-state index in [1.807, 2.05) is 4.90 Å². The Kier molecular flexibility index (Phi) is 7.53. The SMILES string of the molecule is CC(C)c1nc2c(n1C)CCN(C(=O)[C@@H]1CC[C@H](CN)O1)C2.Cl.Cl. The number of carbonyl (C=O) groups excluding carboxylic acids is 1. The fourth-order valence-corrected chi connectivity index (χ4v) is 3.52. The Morgan fingerprint density at radius 3 is 2.67 bits per heavy atom. The van der Waals surface area contributed by atoms with Crippen LogP contribution in [0.15, 0.2) is 0 Å². The van der Waals surface area contributed by atoms with Gasteiger partial charge in [0.2, 0.25) is 0 Å². The van der Waals surface area contributed by atoms with E-state index in [2.05, 4.69) is 25.5 Å². The molecule has 1 saturated heterocycles. The molecule has 3 rings (SSSR count). The van der Waals surface area contributed by atoms with Gasteiger partial charge < -0.3 is 19.9 Å². The molecule has 2 aliphatic rings. The minimum atomic E-state index is -0.316. The summed E-state index contributed by atoms with van der Waals surface area (Å²) in [6, 6.07) is 0. The predicted molar refractivity (Wildman–Crippen MR) is 97.9 cm³/mol. The van der Waals surface area contributed by atoms with Gasteiger partial charge in [0, 0.05) is 38.2 Å². The summed E-state index contributed by atoms with van der Waals surface area (Å²) in [5.41, 5.74) is 7.93. The molecule has 8 heteroatoms. The highest BCUT2D eigenvalue weighted by Crippen LogP contribution is 2.26. The molecule has 2 N–H and O–H groups in total. The second kappa shape index (κ2) is 8.52. The summed E-state index contributed by atoms with van der Waals surface area (Å²) in [5, 5.41) is 0. The van der Waals surface area contributed by atoms with Gasteiger partial charge in [0.05, 0.1) is 18.3 Å². The van der Waals surface area contributed by atoms with Gasteiger partial charge in [0.15, 0.2) is 0 Å². The van der Waals surface area contributed by atoms with Gasteiger partial charge in [-0.2, -0.15) is 0 Å². The second-order valence-electron chi connectivity index (χ2n) is 6.65. The maximum atomic E-state index is 12.6. The Morgan fingerprint density at radius 1 is 1.38 bits per heavy atom. The molecule has 0 radical (unpaired) electrons. The van der Waals surface area contributed by atoms with Crippen molar-refractivity contribution in [2.75, 3.05) is 13.1 Å². The van der Waals surface area contributed by atoms with Crippen molar-refractivity contribution in [2.45, 2.75) is 57.8 Å². The number of amides is 1. The molecule has 1 aromatic heterocycles. The van der Waals surface area contributed by atoms with Gasteiger partial charge in [0.1, 0.15) is 11.9 Å². The van der Waals surface area contributed by atoms with E-state index in [9.17, 15) is 4.79 Å². The first-order valence-electron chi connectivity index (χ1n) is 8.20. The predicted octanol–water partition coefficient (Wildman–Crippen LogP) is 1.78. The number of ether oxygens (including phenoxy) is 1. The van der Waals surface area contributed by atoms with Crippen LogP contribution in [-0.4, -0.2) is 45.7 Å². The fraction of sp³-hybridized carbons (Fsp3) is 0.750. The maximum Gasteiger partial charge on any atom is 0.252 e. The van der Waals surface area contributed by atoms with Gasteiger partial charge in [-0.25, -0.2) is 4.98 Å². The van der Waals surface area contributed by atoms with Gasteiger partial charge in [-0.05, 0) is 12.8 Å². The number of imidazole rings is 1. The maximum absolute atomic E-state index is 12.6. The fourth-order valence-electron chi connectivity index (χ4n) is 3.52. The third-order valence-corrected chi connectivity index (χ3v) is 4.76. The van der Waals surface area contributed by atoms with E-state index in [1.54, 1.807) is 0 Å². The number of nitrogens with two attached hydrogens (primary N) is 1. The third-order valence-electron chi connectivity index (χ3n) is 4.76. The molecule has 0 aromatic carbocycles. The first-order chi connectivity index (χ1) is 10.5. The van der Waals surface area contributed by atoms with Crippen molar-refractivity contribution in [3.63, 3.8) is 0 Å². The van der Waals surface area contributed by atoms with Gasteiger partial charge >= 0.3 is 0 Å². The third kappa shape index (κ3) is 3.87. The number of halogens is 2. The Morgan fingerprint density at radius 2 is 2.08 bits per heavy atom. The highest BCUT2D eigenvalue weighted by Gasteiger charge is 2.35. The van der Waals surface area contributed by atoms with Crippen molar-refractivity contribution in [1.29, 1.82) is 0 Å². The molecule has 1 aromatic rings. The lowest BCUT2D eigenvalue weighted by Crippen LogP contribution is -2.42. The minimum absolute atomic E-state index is 0. The molecule has 1 amide bonds. The van der Waals surface area contributed by atoms with Crippen LogP contribution in [-0.2, 0) is 29.5 Å². The molecule has 2 atom stereocenters. The highest BCUT2D eigenvalue weighted by atomic mass is 35.5. The topological polar surface area (TPSA) is 73.4 Å². The average Bonchev–Trinajstić information content (AvgIpc) is 3.11. The zero-order chi connectivity index (χ0) is 15.9. The zero-order valence-corrected chi connectivity index (χ0v) is 16.2. The summed E-state index contributed by atoms with van der Waals surface area (Å²) in [4.78, 5) is 19.3. The van der Waals surface area contributed by atoms with Crippen LogP contribution in [0.25, 0.3) is 0 Å². The molecule has 1 fully saturated rings. The van der Waals surface area contributed by atoms with Crippen LogP contribution >= 0.6 is 24.8 Å². The Labute approximate surface area is 155 Å². The molecule has 0 spiro atoms. The molecule has 0 aliphatic carbocycles. The van der Waals surface area contributed by atoms with Gasteiger partial charge in [-0.15, -0.1) is 24.8 Å². The summed E-state index contributed by atoms with van der Waals surface area (Å²) in [7, 11) is 2.07. The lowest BCUT2D eigenvalue weighted by atomic mass is 10.1. The molecule has 0 bridgehead atoms. The van der Waals surface area contributed by atoms with Crippen molar-refractivity contribution in [1.82, 2.24) is 14.5 Å². The number of aromatic nitrogens is 2. The minimum Gasteiger partial charge on any atom is -0.364 e. The first kappa shape index (κ1) is 21.2. The standard InChI is InChI=1S/C16H26N4O2.2ClH/c1-10(2)15-18-12-9-20(7-6-13(12)19(15)3)16(21)14-5-4-11(8-17)22-14;;/h10-11,14H,4-9,17H2,1-3H3;2*1H/t11-,14+;;/m1../s1. The van der Waals surface area contributed by atoms with E-state index in [0.29, 0.717) is 19.0 Å². The van der Waals surface area contributed by atoms with E-state index in [-0.39, 0.29) is 42.9 Å². The van der Waals surface area contributed by atoms with Crippen LogP contribution in [0.5, 0.6) is 0 Å². The number of carbonyl (C=O) groups is 1. The number of nitrogens with zero attached hydrogens (tertiary/aromatic N) is 3. The zero-order valence-electron chi connectivity index (χ0n) is 14.5. The van der Waals surface area contributed by atoms with Crippen molar-refractivity contribution in [3.8, 4) is 0 Å². The Balaban J connectivity index is 0.00000144. The normalized spacial score (nSPS) is 22.8. The summed E-state index contributed by atoms with van der Waals surface area (Å²) in [5.74, 6) is 1.58. The van der Waals surface area contributed by atoms with E-state index in [4.69, 9.17) is 15.5 Å². The van der Waals surface area contributed by atoms with Gasteiger partial charge in [-0.3, -0.25) is 4.79 Å². The molecule has 24 heavy (non-hydrogen) atoms. The average molecular weight is 379 g/mol. The molecule has 0 saturated carbocycles. The number of hydrogen-bond acceptors (Lipinski definition) is 4. The van der Waals surface area contributed by atoms with E-state index in [1.165, 1.54) is 5.69 Å². The van der Waals surface area contributed by atoms with Crippen LogP contribution in [0.1, 0.15) is 49.8 Å². The van der Waals surface area contributed by atoms with E-state index >= 15 is 0 Å². The Hall–Kier alpha value is -0.820. The highest BCUT2D eigenvalue weighted by molar-refractivity contribution is 5.85. The van der Waals surface area contributed by atoms with E-state index < -0.39 is 0 Å². The Bertz CT molecular complexity index is 577. The summed E-state index contributed by atoms with van der Waals surface area (Å²) >= 11 is 0. The summed E-state index contributed by atoms with van der Waals surface area (Å²) in [6.07, 6.45) is 2.25. The molecule has 0 unspecified atom stereocenters. The van der Waals surface area contributed by atoms with Crippen molar-refractivity contribution in [3.05, 3.63) is 17.2 Å². The number of rotatable bonds is 3. The first-order valence-corrected chi connectivity index (χ1v) is 8.20. The van der Waals surface area contributed by atoms with Crippen molar-refractivity contribution < 1.29 is 9.53 Å². The molecule has 2 aliphatic heterocycles. The molecule has 3 heterocycles. The monoisotopic (exact) mass is 378 g/mol. The molecule has 6 nitrogen and oxygen atoms in total. The smallest absolute Gasteiger partial charge is 0.252 e.